The van der Waals surface area contributed by atoms with E-state index in [0.717, 1.165) is 23.5 Å². The summed E-state index contributed by atoms with van der Waals surface area (Å²) in [5, 5.41) is 2.58. The Kier molecular flexibility index (Phi) is 3.96. The monoisotopic (exact) mass is 356 g/mol. The maximum absolute atomic E-state index is 14.2. The predicted octanol–water partition coefficient (Wildman–Crippen LogP) is 2.18. The number of carbonyl (C=O) groups is 1. The molecule has 0 radical (unpaired) electrons. The molecule has 0 saturated heterocycles. The molecular formula is C19H18F2N4O. The van der Waals surface area contributed by atoms with E-state index < -0.39 is 11.6 Å². The first kappa shape index (κ1) is 16.7. The molecule has 2 aromatic heterocycles. The van der Waals surface area contributed by atoms with Crippen LogP contribution >= 0.6 is 0 Å². The molecule has 0 aliphatic heterocycles. The minimum Gasteiger partial charge on any atom is -0.355 e. The highest BCUT2D eigenvalue weighted by Crippen LogP contribution is 2.34. The van der Waals surface area contributed by atoms with Crippen molar-refractivity contribution in [1.29, 1.82) is 0 Å². The number of imidazole rings is 1. The molecule has 5 nitrogen and oxygen atoms in total. The lowest BCUT2D eigenvalue weighted by Crippen LogP contribution is -2.36. The van der Waals surface area contributed by atoms with Crippen LogP contribution in [0.15, 0.2) is 36.5 Å². The summed E-state index contributed by atoms with van der Waals surface area (Å²) >= 11 is 0. The van der Waals surface area contributed by atoms with Gasteiger partial charge in [-0.1, -0.05) is 0 Å². The third-order valence-corrected chi connectivity index (χ3v) is 5.01. The van der Waals surface area contributed by atoms with Gasteiger partial charge >= 0.3 is 0 Å². The van der Waals surface area contributed by atoms with E-state index in [1.54, 1.807) is 25.4 Å². The summed E-state index contributed by atoms with van der Waals surface area (Å²) in [5.74, 6) is -1.48. The zero-order valence-electron chi connectivity index (χ0n) is 14.2. The summed E-state index contributed by atoms with van der Waals surface area (Å²) in [6.45, 7) is 0. The summed E-state index contributed by atoms with van der Waals surface area (Å²) in [5.41, 5.74) is 9.49. The Bertz CT molecular complexity index is 1010. The molecule has 3 N–H and O–H groups in total. The summed E-state index contributed by atoms with van der Waals surface area (Å²) in [7, 11) is 1.57. The highest BCUT2D eigenvalue weighted by atomic mass is 19.1. The van der Waals surface area contributed by atoms with Gasteiger partial charge in [-0.3, -0.25) is 4.79 Å². The van der Waals surface area contributed by atoms with Gasteiger partial charge in [0, 0.05) is 42.9 Å². The number of amides is 1. The van der Waals surface area contributed by atoms with E-state index in [4.69, 9.17) is 5.73 Å². The van der Waals surface area contributed by atoms with Crippen LogP contribution in [0.4, 0.5) is 8.78 Å². The van der Waals surface area contributed by atoms with Crippen molar-refractivity contribution in [1.82, 2.24) is 14.7 Å². The van der Waals surface area contributed by atoms with Gasteiger partial charge in [-0.15, -0.1) is 0 Å². The number of aromatic nitrogens is 2. The molecule has 0 bridgehead atoms. The number of nitrogens with one attached hydrogen (secondary N) is 1. The lowest BCUT2D eigenvalue weighted by Gasteiger charge is -2.29. The first-order chi connectivity index (χ1) is 12.5. The van der Waals surface area contributed by atoms with Gasteiger partial charge in [-0.2, -0.15) is 0 Å². The fraction of sp³-hybridized carbons (Fsp3) is 0.263. The van der Waals surface area contributed by atoms with E-state index in [1.165, 1.54) is 6.07 Å². The number of hydrogen-bond acceptors (Lipinski definition) is 3. The third kappa shape index (κ3) is 2.64. The van der Waals surface area contributed by atoms with Crippen LogP contribution in [0.1, 0.15) is 33.2 Å². The van der Waals surface area contributed by atoms with E-state index >= 15 is 0 Å². The van der Waals surface area contributed by atoms with Crippen LogP contribution in [-0.2, 0) is 12.8 Å². The Hall–Kier alpha value is -2.80. The quantitative estimate of drug-likeness (QED) is 0.739. The second kappa shape index (κ2) is 6.17. The molecule has 4 rings (SSSR count). The molecule has 2 heterocycles. The maximum atomic E-state index is 14.2. The molecule has 26 heavy (non-hydrogen) atoms. The molecule has 1 aliphatic carbocycles. The lowest BCUT2D eigenvalue weighted by molar-refractivity contribution is 0.0963. The van der Waals surface area contributed by atoms with Crippen LogP contribution in [0.2, 0.25) is 0 Å². The first-order valence-electron chi connectivity index (χ1n) is 8.40. The molecule has 0 spiro atoms. The van der Waals surface area contributed by atoms with Crippen molar-refractivity contribution in [2.75, 3.05) is 7.05 Å². The Balaban J connectivity index is 1.76. The summed E-state index contributed by atoms with van der Waals surface area (Å²) in [6, 6.07) is 6.52. The van der Waals surface area contributed by atoms with Crippen LogP contribution in [0.25, 0.3) is 5.65 Å². The molecule has 1 aromatic carbocycles. The van der Waals surface area contributed by atoms with E-state index in [2.05, 4.69) is 10.3 Å². The van der Waals surface area contributed by atoms with Crippen molar-refractivity contribution in [3.8, 4) is 0 Å². The largest absolute Gasteiger partial charge is 0.355 e. The molecule has 1 aliphatic rings. The van der Waals surface area contributed by atoms with E-state index in [9.17, 15) is 13.6 Å². The molecule has 1 amide bonds. The van der Waals surface area contributed by atoms with Gasteiger partial charge in [0.05, 0.1) is 5.69 Å². The first-order valence-corrected chi connectivity index (χ1v) is 8.40. The minimum absolute atomic E-state index is 0.190. The zero-order chi connectivity index (χ0) is 18.4. The minimum atomic E-state index is -0.482. The number of benzene rings is 1. The Morgan fingerprint density at radius 3 is 2.85 bits per heavy atom. The summed E-state index contributed by atoms with van der Waals surface area (Å²) in [4.78, 5) is 16.4. The molecule has 3 aromatic rings. The van der Waals surface area contributed by atoms with E-state index in [0.29, 0.717) is 24.1 Å². The van der Waals surface area contributed by atoms with Gasteiger partial charge in [0.1, 0.15) is 17.3 Å². The van der Waals surface area contributed by atoms with Crippen LogP contribution in [-0.4, -0.2) is 28.4 Å². The van der Waals surface area contributed by atoms with Gasteiger partial charge < -0.3 is 15.5 Å². The van der Waals surface area contributed by atoms with Crippen molar-refractivity contribution in [3.63, 3.8) is 0 Å². The van der Waals surface area contributed by atoms with Crippen LogP contribution in [0, 0.1) is 11.6 Å². The number of hydrogen-bond donors (Lipinski definition) is 2. The van der Waals surface area contributed by atoms with Crippen molar-refractivity contribution in [3.05, 3.63) is 70.7 Å². The van der Waals surface area contributed by atoms with Crippen LogP contribution in [0.5, 0.6) is 0 Å². The average Bonchev–Trinajstić information content (AvgIpc) is 2.99. The SMILES string of the molecule is CNC(=O)c1ccn2c3c(nc2c1)C[C@H](c1cc(F)ccc1F)[C@@H](N)C3. The molecule has 0 unspecified atom stereocenters. The van der Waals surface area contributed by atoms with E-state index in [-0.39, 0.29) is 23.4 Å². The maximum Gasteiger partial charge on any atom is 0.251 e. The molecule has 2 atom stereocenters. The van der Waals surface area contributed by atoms with Crippen LogP contribution < -0.4 is 11.1 Å². The number of halogens is 2. The normalized spacial score (nSPS) is 19.4. The Morgan fingerprint density at radius 2 is 2.08 bits per heavy atom. The number of pyridine rings is 1. The Morgan fingerprint density at radius 1 is 1.27 bits per heavy atom. The van der Waals surface area contributed by atoms with Crippen molar-refractivity contribution >= 4 is 11.6 Å². The number of rotatable bonds is 2. The standard InChI is InChI=1S/C19H18F2N4O/c1-23-19(26)10-4-5-25-17-9-15(22)13(8-16(17)24-18(25)6-10)12-7-11(20)2-3-14(12)21/h2-7,13,15H,8-9,22H2,1H3,(H,23,26)/t13-,15+/m1/s1. The number of fused-ring (bicyclic) bond motifs is 3. The van der Waals surface area contributed by atoms with Crippen molar-refractivity contribution in [2.45, 2.75) is 24.8 Å². The zero-order valence-corrected chi connectivity index (χ0v) is 14.2. The predicted molar refractivity (Wildman–Crippen MR) is 93.1 cm³/mol. The lowest BCUT2D eigenvalue weighted by atomic mass is 9.80. The fourth-order valence-electron chi connectivity index (χ4n) is 3.67. The van der Waals surface area contributed by atoms with Gasteiger partial charge in [0.15, 0.2) is 0 Å². The average molecular weight is 356 g/mol. The molecule has 0 fully saturated rings. The highest BCUT2D eigenvalue weighted by Gasteiger charge is 2.32. The fourth-order valence-corrected chi connectivity index (χ4v) is 3.67. The number of nitrogens with zero attached hydrogens (tertiary/aromatic N) is 2. The van der Waals surface area contributed by atoms with Crippen molar-refractivity contribution < 1.29 is 13.6 Å². The second-order valence-corrected chi connectivity index (χ2v) is 6.57. The summed E-state index contributed by atoms with van der Waals surface area (Å²) < 4.78 is 29.7. The smallest absolute Gasteiger partial charge is 0.251 e. The van der Waals surface area contributed by atoms with Crippen molar-refractivity contribution in [2.24, 2.45) is 5.73 Å². The molecule has 0 saturated carbocycles. The topological polar surface area (TPSA) is 72.4 Å². The number of nitrogens with two attached hydrogens (primary N) is 1. The summed E-state index contributed by atoms with van der Waals surface area (Å²) in [6.07, 6.45) is 2.71. The molecule has 134 valence electrons. The van der Waals surface area contributed by atoms with E-state index in [1.807, 2.05) is 4.40 Å². The molecular weight excluding hydrogens is 338 g/mol. The van der Waals surface area contributed by atoms with Gasteiger partial charge in [0.2, 0.25) is 0 Å². The van der Waals surface area contributed by atoms with Crippen LogP contribution in [0.3, 0.4) is 0 Å². The second-order valence-electron chi connectivity index (χ2n) is 6.57. The third-order valence-electron chi connectivity index (χ3n) is 5.01. The Labute approximate surface area is 148 Å². The number of carbonyl (C=O) groups excluding carboxylic acids is 1. The highest BCUT2D eigenvalue weighted by molar-refractivity contribution is 5.94. The van der Waals surface area contributed by atoms with Gasteiger partial charge in [0.25, 0.3) is 5.91 Å². The van der Waals surface area contributed by atoms with Gasteiger partial charge in [-0.25, -0.2) is 13.8 Å². The van der Waals surface area contributed by atoms with Gasteiger partial charge in [-0.05, 0) is 42.3 Å². The molecule has 7 heteroatoms.